The molecule has 0 amide bonds. The van der Waals surface area contributed by atoms with Crippen LogP contribution in [0, 0.1) is 0 Å². The van der Waals surface area contributed by atoms with Crippen molar-refractivity contribution in [2.45, 2.75) is 13.8 Å². The molecule has 0 aromatic carbocycles. The molecule has 3 nitrogen and oxygen atoms in total. The van der Waals surface area contributed by atoms with Gasteiger partial charge < -0.3 is 14.9 Å². The topological polar surface area (TPSA) is 43.7 Å². The van der Waals surface area contributed by atoms with E-state index in [1.54, 1.807) is 0 Å². The Labute approximate surface area is 85.3 Å². The molecule has 0 saturated heterocycles. The van der Waals surface area contributed by atoms with Crippen molar-refractivity contribution in [2.24, 2.45) is 0 Å². The van der Waals surface area contributed by atoms with Crippen molar-refractivity contribution in [3.05, 3.63) is 18.2 Å². The SMILES string of the molecule is CCN(CC)c1cc2cc-2c1.O[B]O. The third kappa shape index (κ3) is 2.50. The van der Waals surface area contributed by atoms with Gasteiger partial charge in [-0.2, -0.15) is 0 Å². The third-order valence-corrected chi connectivity index (χ3v) is 2.30. The fourth-order valence-electron chi connectivity index (χ4n) is 1.51. The zero-order valence-electron chi connectivity index (χ0n) is 8.57. The maximum absolute atomic E-state index is 7.00. The van der Waals surface area contributed by atoms with E-state index in [0.29, 0.717) is 0 Å². The summed E-state index contributed by atoms with van der Waals surface area (Å²) in [5.74, 6) is 0. The van der Waals surface area contributed by atoms with Crippen LogP contribution < -0.4 is 4.90 Å². The van der Waals surface area contributed by atoms with Crippen LogP contribution in [0.2, 0.25) is 0 Å². The van der Waals surface area contributed by atoms with E-state index in [0.717, 1.165) is 13.1 Å². The van der Waals surface area contributed by atoms with Gasteiger partial charge >= 0.3 is 7.69 Å². The van der Waals surface area contributed by atoms with E-state index < -0.39 is 0 Å². The van der Waals surface area contributed by atoms with E-state index in [-0.39, 0.29) is 7.69 Å². The molecule has 2 rings (SSSR count). The van der Waals surface area contributed by atoms with Crippen molar-refractivity contribution < 1.29 is 10.0 Å². The minimum absolute atomic E-state index is 0. The number of hydrogen-bond donors (Lipinski definition) is 2. The lowest BCUT2D eigenvalue weighted by molar-refractivity contribution is 0.448. The van der Waals surface area contributed by atoms with Gasteiger partial charge in [-0.15, -0.1) is 0 Å². The molecular formula is C10H15BNO2. The second-order valence-electron chi connectivity index (χ2n) is 3.06. The first kappa shape index (κ1) is 11.1. The first-order valence-electron chi connectivity index (χ1n) is 4.77. The van der Waals surface area contributed by atoms with Gasteiger partial charge in [-0.1, -0.05) is 0 Å². The summed E-state index contributed by atoms with van der Waals surface area (Å²) in [6, 6.07) is 6.75. The number of nitrogens with zero attached hydrogens (tertiary/aromatic N) is 1. The highest BCUT2D eigenvalue weighted by molar-refractivity contribution is 6.13. The molecule has 75 valence electrons. The first-order valence-corrected chi connectivity index (χ1v) is 4.77. The fourth-order valence-corrected chi connectivity index (χ4v) is 1.51. The molecule has 14 heavy (non-hydrogen) atoms. The van der Waals surface area contributed by atoms with Crippen LogP contribution in [0.5, 0.6) is 0 Å². The molecule has 2 aliphatic rings. The zero-order valence-corrected chi connectivity index (χ0v) is 8.57. The van der Waals surface area contributed by atoms with E-state index in [1.807, 2.05) is 0 Å². The van der Waals surface area contributed by atoms with Crippen molar-refractivity contribution >= 4 is 13.4 Å². The Morgan fingerprint density at radius 3 is 1.86 bits per heavy atom. The molecule has 2 N–H and O–H groups in total. The molecule has 1 radical (unpaired) electrons. The molecule has 0 fully saturated rings. The third-order valence-electron chi connectivity index (χ3n) is 2.30. The summed E-state index contributed by atoms with van der Waals surface area (Å²) in [5, 5.41) is 14.0. The molecule has 0 heterocycles. The monoisotopic (exact) mass is 192 g/mol. The largest absolute Gasteiger partial charge is 0.482 e. The number of anilines is 1. The summed E-state index contributed by atoms with van der Waals surface area (Å²) >= 11 is 0. The standard InChI is InChI=1S/C10H13N.BH2O2/c1-3-11(4-2)10-6-8-5-9(8)7-10;2-1-3/h5-7H,3-4H2,1-2H3;2-3H. The van der Waals surface area contributed by atoms with Gasteiger partial charge in [0.2, 0.25) is 0 Å². The van der Waals surface area contributed by atoms with Crippen molar-refractivity contribution in [3.63, 3.8) is 0 Å². The molecule has 0 atom stereocenters. The van der Waals surface area contributed by atoms with Crippen LogP contribution in [0.1, 0.15) is 13.8 Å². The molecule has 2 aliphatic carbocycles. The highest BCUT2D eigenvalue weighted by atomic mass is 16.4. The van der Waals surface area contributed by atoms with Crippen LogP contribution in [-0.4, -0.2) is 30.8 Å². The molecule has 0 unspecified atom stereocenters. The van der Waals surface area contributed by atoms with Crippen LogP contribution >= 0.6 is 0 Å². The Morgan fingerprint density at radius 1 is 1.07 bits per heavy atom. The van der Waals surface area contributed by atoms with Crippen LogP contribution in [0.3, 0.4) is 0 Å². The van der Waals surface area contributed by atoms with Gasteiger partial charge in [0.05, 0.1) is 0 Å². The normalized spacial score (nSPS) is 10.0. The van der Waals surface area contributed by atoms with Gasteiger partial charge in [0.1, 0.15) is 0 Å². The molecular weight excluding hydrogens is 177 g/mol. The van der Waals surface area contributed by atoms with Gasteiger partial charge in [0, 0.05) is 18.8 Å². The molecule has 0 saturated carbocycles. The maximum atomic E-state index is 7.00. The van der Waals surface area contributed by atoms with E-state index in [9.17, 15) is 0 Å². The summed E-state index contributed by atoms with van der Waals surface area (Å²) in [6.07, 6.45) is 0. The fraction of sp³-hybridized carbons (Fsp3) is 0.400. The van der Waals surface area contributed by atoms with Crippen molar-refractivity contribution in [1.29, 1.82) is 0 Å². The Kier molecular flexibility index (Phi) is 3.98. The summed E-state index contributed by atoms with van der Waals surface area (Å²) in [7, 11) is 0. The van der Waals surface area contributed by atoms with Crippen molar-refractivity contribution in [1.82, 2.24) is 0 Å². The minimum atomic E-state index is 0. The quantitative estimate of drug-likeness (QED) is 0.713. The van der Waals surface area contributed by atoms with Gasteiger partial charge in [-0.05, 0) is 43.2 Å². The lowest BCUT2D eigenvalue weighted by Crippen LogP contribution is -2.20. The molecule has 4 heteroatoms. The molecule has 0 aliphatic heterocycles. The van der Waals surface area contributed by atoms with Gasteiger partial charge in [-0.25, -0.2) is 0 Å². The van der Waals surface area contributed by atoms with Gasteiger partial charge in [-0.3, -0.25) is 0 Å². The van der Waals surface area contributed by atoms with Crippen LogP contribution in [0.25, 0.3) is 11.1 Å². The predicted octanol–water partition coefficient (Wildman–Crippen LogP) is 1.02. The van der Waals surface area contributed by atoms with E-state index in [2.05, 4.69) is 36.9 Å². The number of fused-ring (bicyclic) bond motifs is 1. The average molecular weight is 192 g/mol. The van der Waals surface area contributed by atoms with Gasteiger partial charge in [0.25, 0.3) is 0 Å². The molecule has 0 bridgehead atoms. The number of benzene rings is 1. The Hall–Kier alpha value is -0.995. The van der Waals surface area contributed by atoms with Crippen molar-refractivity contribution in [2.75, 3.05) is 18.0 Å². The Balaban J connectivity index is 0.000000293. The summed E-state index contributed by atoms with van der Waals surface area (Å²) in [4.78, 5) is 2.38. The summed E-state index contributed by atoms with van der Waals surface area (Å²) < 4.78 is 0. The Bertz CT molecular complexity index is 280. The molecule has 0 aromatic rings. The number of rotatable bonds is 3. The van der Waals surface area contributed by atoms with E-state index in [1.165, 1.54) is 16.8 Å². The van der Waals surface area contributed by atoms with E-state index in [4.69, 9.17) is 10.0 Å². The average Bonchev–Trinajstić information content (AvgIpc) is 2.77. The first-order chi connectivity index (χ1) is 6.76. The highest BCUT2D eigenvalue weighted by Gasteiger charge is 2.15. The van der Waals surface area contributed by atoms with Crippen LogP contribution in [0.15, 0.2) is 18.2 Å². The van der Waals surface area contributed by atoms with E-state index >= 15 is 0 Å². The lowest BCUT2D eigenvalue weighted by Gasteiger charge is -2.18. The summed E-state index contributed by atoms with van der Waals surface area (Å²) in [6.45, 7) is 6.61. The molecule has 0 spiro atoms. The van der Waals surface area contributed by atoms with Crippen molar-refractivity contribution in [3.8, 4) is 11.1 Å². The number of hydrogen-bond acceptors (Lipinski definition) is 3. The second kappa shape index (κ2) is 5.03. The molecule has 0 aromatic heterocycles. The maximum Gasteiger partial charge on any atom is 0.482 e. The zero-order chi connectivity index (χ0) is 10.6. The smallest absolute Gasteiger partial charge is 0.429 e. The lowest BCUT2D eigenvalue weighted by atomic mass is 10.4. The second-order valence-corrected chi connectivity index (χ2v) is 3.06. The predicted molar refractivity (Wildman–Crippen MR) is 59.2 cm³/mol. The van der Waals surface area contributed by atoms with Crippen LogP contribution in [0.4, 0.5) is 5.69 Å². The van der Waals surface area contributed by atoms with Crippen LogP contribution in [-0.2, 0) is 0 Å². The van der Waals surface area contributed by atoms with Gasteiger partial charge in [0.15, 0.2) is 0 Å². The summed E-state index contributed by atoms with van der Waals surface area (Å²) in [5.41, 5.74) is 4.27. The minimum Gasteiger partial charge on any atom is -0.429 e. The Morgan fingerprint density at radius 2 is 1.50 bits per heavy atom. The highest BCUT2D eigenvalue weighted by Crippen LogP contribution is 2.39.